The van der Waals surface area contributed by atoms with Crippen LogP contribution in [0, 0.1) is 46.3 Å². The van der Waals surface area contributed by atoms with Crippen LogP contribution in [-0.2, 0) is 0 Å². The molecule has 0 spiro atoms. The molecule has 4 rings (SSSR count). The fourth-order valence-corrected chi connectivity index (χ4v) is 10.0. The first kappa shape index (κ1) is 25.3. The normalized spacial score (nSPS) is 51.8. The Morgan fingerprint density at radius 3 is 2.28 bits per heavy atom. The number of hydrogen-bond acceptors (Lipinski definition) is 3. The van der Waals surface area contributed by atoms with Crippen molar-refractivity contribution >= 4 is 11.6 Å². The maximum Gasteiger partial charge on any atom is 0.108 e. The molecule has 10 atom stereocenters. The van der Waals surface area contributed by atoms with Crippen LogP contribution in [-0.4, -0.2) is 38.5 Å². The lowest BCUT2D eigenvalue weighted by molar-refractivity contribution is -0.299. The lowest BCUT2D eigenvalue weighted by Crippen LogP contribution is -2.74. The Hall–Kier alpha value is 0.170. The van der Waals surface area contributed by atoms with E-state index in [1.165, 1.54) is 38.5 Å². The second-order valence-electron chi connectivity index (χ2n) is 13.5. The van der Waals surface area contributed by atoms with Gasteiger partial charge in [0.1, 0.15) is 11.2 Å². The summed E-state index contributed by atoms with van der Waals surface area (Å²) in [5, 5.41) is 34.2. The van der Waals surface area contributed by atoms with E-state index < -0.39 is 17.3 Å². The first-order valence-corrected chi connectivity index (χ1v) is 14.1. The van der Waals surface area contributed by atoms with E-state index in [1.54, 1.807) is 0 Å². The van der Waals surface area contributed by atoms with E-state index in [0.717, 1.165) is 37.0 Å². The lowest BCUT2D eigenvalue weighted by atomic mass is 9.40. The number of aliphatic hydroxyl groups excluding tert-OH is 1. The third-order valence-electron chi connectivity index (χ3n) is 11.5. The minimum absolute atomic E-state index is 0.0491. The number of rotatable bonds is 6. The summed E-state index contributed by atoms with van der Waals surface area (Å²) in [7, 11) is 0. The summed E-state index contributed by atoms with van der Waals surface area (Å²) in [5.74, 6) is 3.81. The van der Waals surface area contributed by atoms with Crippen LogP contribution in [0.5, 0.6) is 0 Å². The Bertz CT molecular complexity index is 684. The lowest BCUT2D eigenvalue weighted by Gasteiger charge is -2.68. The molecule has 0 saturated heterocycles. The SMILES string of the molecule is CC(C)CCC[C@@H](C)[C@H]1CC[C@H]2[C@@H]3C[C@](O)(CCl)[C@@]4(O)C[C@@H](O)CC[C@]4(C)[C@H]3CC[C@]12C. The summed E-state index contributed by atoms with van der Waals surface area (Å²) in [6.45, 7) is 11.9. The molecule has 0 radical (unpaired) electrons. The maximum atomic E-state index is 12.0. The Morgan fingerprint density at radius 1 is 0.906 bits per heavy atom. The van der Waals surface area contributed by atoms with Crippen LogP contribution in [0.15, 0.2) is 0 Å². The van der Waals surface area contributed by atoms with Gasteiger partial charge in [-0.15, -0.1) is 11.6 Å². The van der Waals surface area contributed by atoms with Gasteiger partial charge in [0.2, 0.25) is 0 Å². The number of alkyl halides is 1. The minimum atomic E-state index is -1.31. The fraction of sp³-hybridized carbons (Fsp3) is 1.00. The van der Waals surface area contributed by atoms with E-state index in [2.05, 4.69) is 34.6 Å². The molecule has 4 fully saturated rings. The van der Waals surface area contributed by atoms with Crippen molar-refractivity contribution in [1.29, 1.82) is 0 Å². The average molecular weight is 469 g/mol. The first-order chi connectivity index (χ1) is 14.9. The molecular weight excluding hydrogens is 420 g/mol. The van der Waals surface area contributed by atoms with Crippen molar-refractivity contribution in [3.8, 4) is 0 Å². The van der Waals surface area contributed by atoms with Crippen molar-refractivity contribution in [3.63, 3.8) is 0 Å². The van der Waals surface area contributed by atoms with Crippen LogP contribution in [0.1, 0.15) is 105 Å². The van der Waals surface area contributed by atoms with Gasteiger partial charge in [-0.1, -0.05) is 53.9 Å². The van der Waals surface area contributed by atoms with Gasteiger partial charge in [-0.05, 0) is 85.9 Å². The molecule has 4 saturated carbocycles. The highest BCUT2D eigenvalue weighted by Crippen LogP contribution is 2.71. The zero-order valence-electron chi connectivity index (χ0n) is 21.2. The molecule has 3 nitrogen and oxygen atoms in total. The minimum Gasteiger partial charge on any atom is -0.393 e. The van der Waals surface area contributed by atoms with Crippen LogP contribution < -0.4 is 0 Å². The van der Waals surface area contributed by atoms with E-state index in [-0.39, 0.29) is 17.7 Å². The van der Waals surface area contributed by atoms with Crippen molar-refractivity contribution in [2.24, 2.45) is 46.3 Å². The van der Waals surface area contributed by atoms with Gasteiger partial charge < -0.3 is 15.3 Å². The Labute approximate surface area is 201 Å². The summed E-state index contributed by atoms with van der Waals surface area (Å²) in [6, 6.07) is 0. The molecule has 0 amide bonds. The topological polar surface area (TPSA) is 60.7 Å². The van der Waals surface area contributed by atoms with E-state index in [4.69, 9.17) is 11.6 Å². The smallest absolute Gasteiger partial charge is 0.108 e. The zero-order chi connectivity index (χ0) is 23.5. The Morgan fingerprint density at radius 2 is 1.62 bits per heavy atom. The van der Waals surface area contributed by atoms with Gasteiger partial charge >= 0.3 is 0 Å². The largest absolute Gasteiger partial charge is 0.393 e. The van der Waals surface area contributed by atoms with Crippen molar-refractivity contribution in [1.82, 2.24) is 0 Å². The highest BCUT2D eigenvalue weighted by atomic mass is 35.5. The summed E-state index contributed by atoms with van der Waals surface area (Å²) < 4.78 is 0. The zero-order valence-corrected chi connectivity index (χ0v) is 22.0. The summed E-state index contributed by atoms with van der Waals surface area (Å²) in [5.41, 5.74) is -2.64. The molecule has 4 aliphatic rings. The molecule has 186 valence electrons. The standard InChI is InChI=1S/C28H49ClO3/c1-18(2)7-6-8-19(3)22-9-10-23-21-16-27(31,17-29)28(32)15-20(30)11-14-26(28,5)24(21)12-13-25(22,23)4/h18-24,30-32H,6-17H2,1-5H3/t19-,20+,21+,22-,23+,24+,25-,26-,27+,28-/m1/s1. The second-order valence-corrected chi connectivity index (χ2v) is 13.7. The Kier molecular flexibility index (Phi) is 6.85. The average Bonchev–Trinajstić information content (AvgIpc) is 3.07. The third kappa shape index (κ3) is 3.62. The summed E-state index contributed by atoms with van der Waals surface area (Å²) in [6.07, 6.45) is 10.7. The summed E-state index contributed by atoms with van der Waals surface area (Å²) >= 11 is 6.42. The molecular formula is C28H49ClO3. The van der Waals surface area contributed by atoms with Crippen LogP contribution in [0.25, 0.3) is 0 Å². The predicted molar refractivity (Wildman–Crippen MR) is 132 cm³/mol. The van der Waals surface area contributed by atoms with Crippen LogP contribution in [0.3, 0.4) is 0 Å². The molecule has 0 heterocycles. The van der Waals surface area contributed by atoms with E-state index in [0.29, 0.717) is 29.6 Å². The quantitative estimate of drug-likeness (QED) is 0.409. The first-order valence-electron chi connectivity index (χ1n) is 13.6. The summed E-state index contributed by atoms with van der Waals surface area (Å²) in [4.78, 5) is 0. The van der Waals surface area contributed by atoms with Gasteiger partial charge in [-0.2, -0.15) is 0 Å². The molecule has 0 aromatic heterocycles. The number of hydrogen-bond donors (Lipinski definition) is 3. The predicted octanol–water partition coefficient (Wildman–Crippen LogP) is 6.16. The molecule has 4 aliphatic carbocycles. The molecule has 0 bridgehead atoms. The van der Waals surface area contributed by atoms with E-state index >= 15 is 0 Å². The van der Waals surface area contributed by atoms with Gasteiger partial charge in [-0.3, -0.25) is 0 Å². The third-order valence-corrected chi connectivity index (χ3v) is 11.9. The highest BCUT2D eigenvalue weighted by molar-refractivity contribution is 6.18. The number of fused-ring (bicyclic) bond motifs is 5. The van der Waals surface area contributed by atoms with Gasteiger partial charge in [0.15, 0.2) is 0 Å². The second kappa shape index (κ2) is 8.68. The van der Waals surface area contributed by atoms with Crippen LogP contribution >= 0.6 is 11.6 Å². The number of halogens is 1. The van der Waals surface area contributed by atoms with Crippen LogP contribution in [0.2, 0.25) is 0 Å². The molecule has 0 aromatic carbocycles. The van der Waals surface area contributed by atoms with E-state index in [9.17, 15) is 15.3 Å². The highest BCUT2D eigenvalue weighted by Gasteiger charge is 2.71. The van der Waals surface area contributed by atoms with Crippen molar-refractivity contribution in [2.45, 2.75) is 123 Å². The van der Waals surface area contributed by atoms with Gasteiger partial charge in [0.25, 0.3) is 0 Å². The molecule has 32 heavy (non-hydrogen) atoms. The molecule has 4 heteroatoms. The monoisotopic (exact) mass is 468 g/mol. The van der Waals surface area contributed by atoms with Gasteiger partial charge in [0, 0.05) is 11.8 Å². The number of aliphatic hydroxyl groups is 3. The maximum absolute atomic E-state index is 12.0. The molecule has 0 aromatic rings. The van der Waals surface area contributed by atoms with Crippen LogP contribution in [0.4, 0.5) is 0 Å². The van der Waals surface area contributed by atoms with Crippen molar-refractivity contribution in [3.05, 3.63) is 0 Å². The van der Waals surface area contributed by atoms with E-state index in [1.807, 2.05) is 0 Å². The fourth-order valence-electron chi connectivity index (χ4n) is 9.67. The van der Waals surface area contributed by atoms with Gasteiger partial charge in [-0.25, -0.2) is 0 Å². The molecule has 0 aliphatic heterocycles. The molecule has 0 unspecified atom stereocenters. The Balaban J connectivity index is 1.60. The molecule has 3 N–H and O–H groups in total. The van der Waals surface area contributed by atoms with Crippen molar-refractivity contribution in [2.75, 3.05) is 5.88 Å². The van der Waals surface area contributed by atoms with Gasteiger partial charge in [0.05, 0.1) is 12.0 Å². The van der Waals surface area contributed by atoms with Crippen molar-refractivity contribution < 1.29 is 15.3 Å².